The van der Waals surface area contributed by atoms with Crippen LogP contribution in [0.15, 0.2) is 11.4 Å². The molecule has 1 rings (SSSR count). The number of hydrogen-bond acceptors (Lipinski definition) is 4. The zero-order valence-electron chi connectivity index (χ0n) is 7.69. The molecule has 1 N–H and O–H groups in total. The van der Waals surface area contributed by atoms with Crippen molar-refractivity contribution in [3.63, 3.8) is 0 Å². The molecule has 0 aliphatic rings. The van der Waals surface area contributed by atoms with E-state index >= 15 is 0 Å². The Morgan fingerprint density at radius 3 is 2.79 bits per heavy atom. The fourth-order valence-corrected chi connectivity index (χ4v) is 1.56. The molecule has 76 valence electrons. The topological polar surface area (TPSA) is 63.1 Å². The predicted octanol–water partition coefficient (Wildman–Crippen LogP) is 2.04. The molecular weight excluding hydrogens is 224 g/mol. The summed E-state index contributed by atoms with van der Waals surface area (Å²) < 4.78 is 0. The highest BCUT2D eigenvalue weighted by Crippen LogP contribution is 2.23. The van der Waals surface area contributed by atoms with Crippen LogP contribution in [0, 0.1) is 0 Å². The van der Waals surface area contributed by atoms with E-state index in [1.807, 2.05) is 6.26 Å². The lowest BCUT2D eigenvalue weighted by molar-refractivity contribution is -0.138. The number of carboxylic acid groups (broad SMARTS) is 1. The van der Waals surface area contributed by atoms with Gasteiger partial charge in [0.15, 0.2) is 5.16 Å². The predicted molar refractivity (Wildman–Crippen MR) is 54.9 cm³/mol. The highest BCUT2D eigenvalue weighted by molar-refractivity contribution is 7.98. The minimum absolute atomic E-state index is 0.208. The number of thioether (sulfide) groups is 1. The van der Waals surface area contributed by atoms with Crippen LogP contribution in [0.2, 0.25) is 5.15 Å². The van der Waals surface area contributed by atoms with Crippen molar-refractivity contribution in [3.8, 4) is 0 Å². The molecule has 1 atom stereocenters. The van der Waals surface area contributed by atoms with E-state index in [-0.39, 0.29) is 5.15 Å². The Balaban J connectivity index is 3.05. The van der Waals surface area contributed by atoms with Gasteiger partial charge in [0.05, 0.1) is 5.92 Å². The molecule has 0 saturated carbocycles. The summed E-state index contributed by atoms with van der Waals surface area (Å²) in [5, 5.41) is 9.51. The smallest absolute Gasteiger partial charge is 0.310 e. The molecule has 0 radical (unpaired) electrons. The first-order chi connectivity index (χ1) is 6.56. The first kappa shape index (κ1) is 11.3. The van der Waals surface area contributed by atoms with Crippen LogP contribution in [-0.2, 0) is 4.79 Å². The van der Waals surface area contributed by atoms with E-state index in [0.717, 1.165) is 0 Å². The van der Waals surface area contributed by atoms with Crippen LogP contribution < -0.4 is 0 Å². The summed E-state index contributed by atoms with van der Waals surface area (Å²) >= 11 is 7.18. The highest BCUT2D eigenvalue weighted by Gasteiger charge is 2.18. The van der Waals surface area contributed by atoms with Crippen molar-refractivity contribution in [2.45, 2.75) is 18.0 Å². The molecule has 6 heteroatoms. The summed E-state index contributed by atoms with van der Waals surface area (Å²) in [5.74, 6) is -1.62. The van der Waals surface area contributed by atoms with E-state index in [1.165, 1.54) is 18.0 Å². The van der Waals surface area contributed by atoms with Gasteiger partial charge in [-0.3, -0.25) is 4.79 Å². The number of aliphatic carboxylic acids is 1. The first-order valence-corrected chi connectivity index (χ1v) is 5.45. The summed E-state index contributed by atoms with van der Waals surface area (Å²) in [5.41, 5.74) is 0.442. The summed E-state index contributed by atoms with van der Waals surface area (Å²) in [4.78, 5) is 18.6. The second kappa shape index (κ2) is 4.61. The van der Waals surface area contributed by atoms with E-state index in [0.29, 0.717) is 10.7 Å². The fourth-order valence-electron chi connectivity index (χ4n) is 0.877. The third-order valence-corrected chi connectivity index (χ3v) is 2.63. The normalized spacial score (nSPS) is 12.5. The lowest BCUT2D eigenvalue weighted by atomic mass is 10.1. The molecule has 4 nitrogen and oxygen atoms in total. The maximum atomic E-state index is 10.7. The minimum Gasteiger partial charge on any atom is -0.481 e. The van der Waals surface area contributed by atoms with Gasteiger partial charge in [0.2, 0.25) is 0 Å². The Labute approximate surface area is 90.7 Å². The van der Waals surface area contributed by atoms with Crippen molar-refractivity contribution in [3.05, 3.63) is 16.9 Å². The first-order valence-electron chi connectivity index (χ1n) is 3.85. The molecular formula is C8H9ClN2O2S. The molecule has 1 unspecified atom stereocenters. The van der Waals surface area contributed by atoms with Gasteiger partial charge in [0, 0.05) is 11.8 Å². The molecule has 14 heavy (non-hydrogen) atoms. The van der Waals surface area contributed by atoms with Crippen molar-refractivity contribution in [1.82, 2.24) is 9.97 Å². The van der Waals surface area contributed by atoms with Crippen molar-refractivity contribution in [1.29, 1.82) is 0 Å². The fraction of sp³-hybridized carbons (Fsp3) is 0.375. The SMILES string of the molecule is CSc1ncc(C(C)C(=O)O)c(Cl)n1. The van der Waals surface area contributed by atoms with E-state index < -0.39 is 11.9 Å². The van der Waals surface area contributed by atoms with Crippen molar-refractivity contribution < 1.29 is 9.90 Å². The second-order valence-electron chi connectivity index (χ2n) is 2.66. The number of carbonyl (C=O) groups is 1. The maximum absolute atomic E-state index is 10.7. The highest BCUT2D eigenvalue weighted by atomic mass is 35.5. The molecule has 1 heterocycles. The summed E-state index contributed by atoms with van der Waals surface area (Å²) in [7, 11) is 0. The summed E-state index contributed by atoms with van der Waals surface area (Å²) in [6, 6.07) is 0. The zero-order valence-corrected chi connectivity index (χ0v) is 9.26. The molecule has 1 aromatic heterocycles. The number of hydrogen-bond donors (Lipinski definition) is 1. The van der Waals surface area contributed by atoms with Gasteiger partial charge in [-0.1, -0.05) is 23.4 Å². The molecule has 0 aliphatic carbocycles. The molecule has 0 amide bonds. The quantitative estimate of drug-likeness (QED) is 0.491. The van der Waals surface area contributed by atoms with Crippen LogP contribution in [-0.4, -0.2) is 27.3 Å². The van der Waals surface area contributed by atoms with E-state index in [4.69, 9.17) is 16.7 Å². The number of nitrogens with zero attached hydrogens (tertiary/aromatic N) is 2. The van der Waals surface area contributed by atoms with Crippen LogP contribution >= 0.6 is 23.4 Å². The van der Waals surface area contributed by atoms with Crippen molar-refractivity contribution >= 4 is 29.3 Å². The molecule has 1 aromatic rings. The molecule has 0 saturated heterocycles. The van der Waals surface area contributed by atoms with Crippen LogP contribution in [0.4, 0.5) is 0 Å². The van der Waals surface area contributed by atoms with Gasteiger partial charge in [-0.05, 0) is 13.2 Å². The molecule has 0 aliphatic heterocycles. The molecule has 0 spiro atoms. The van der Waals surface area contributed by atoms with Crippen molar-refractivity contribution in [2.75, 3.05) is 6.26 Å². The van der Waals surface area contributed by atoms with Crippen LogP contribution in [0.1, 0.15) is 18.4 Å². The Morgan fingerprint density at radius 1 is 1.71 bits per heavy atom. The van der Waals surface area contributed by atoms with E-state index in [1.54, 1.807) is 6.92 Å². The van der Waals surface area contributed by atoms with Gasteiger partial charge in [0.25, 0.3) is 0 Å². The van der Waals surface area contributed by atoms with Gasteiger partial charge in [-0.15, -0.1) is 0 Å². The Kier molecular flexibility index (Phi) is 3.71. The second-order valence-corrected chi connectivity index (χ2v) is 3.79. The number of carboxylic acids is 1. The van der Waals surface area contributed by atoms with Gasteiger partial charge < -0.3 is 5.11 Å². The van der Waals surface area contributed by atoms with Gasteiger partial charge in [-0.25, -0.2) is 9.97 Å². The minimum atomic E-state index is -0.938. The Bertz CT molecular complexity index is 359. The van der Waals surface area contributed by atoms with Crippen LogP contribution in [0.3, 0.4) is 0 Å². The van der Waals surface area contributed by atoms with E-state index in [9.17, 15) is 4.79 Å². The summed E-state index contributed by atoms with van der Waals surface area (Å²) in [6.45, 7) is 1.55. The Hall–Kier alpha value is -0.810. The monoisotopic (exact) mass is 232 g/mol. The number of halogens is 1. The largest absolute Gasteiger partial charge is 0.481 e. The molecule has 0 bridgehead atoms. The van der Waals surface area contributed by atoms with Gasteiger partial charge >= 0.3 is 5.97 Å². The lowest BCUT2D eigenvalue weighted by Gasteiger charge is -2.07. The van der Waals surface area contributed by atoms with Crippen LogP contribution in [0.25, 0.3) is 0 Å². The maximum Gasteiger partial charge on any atom is 0.310 e. The molecule has 0 aromatic carbocycles. The third kappa shape index (κ3) is 2.36. The zero-order chi connectivity index (χ0) is 10.7. The Morgan fingerprint density at radius 2 is 2.36 bits per heavy atom. The van der Waals surface area contributed by atoms with E-state index in [2.05, 4.69) is 9.97 Å². The summed E-state index contributed by atoms with van der Waals surface area (Å²) in [6.07, 6.45) is 3.28. The average Bonchev–Trinajstić information content (AvgIpc) is 2.16. The number of aromatic nitrogens is 2. The van der Waals surface area contributed by atoms with Crippen LogP contribution in [0.5, 0.6) is 0 Å². The lowest BCUT2D eigenvalue weighted by Crippen LogP contribution is -2.09. The average molecular weight is 233 g/mol. The number of rotatable bonds is 3. The standard InChI is InChI=1S/C8H9ClN2O2S/c1-4(7(12)13)5-3-10-8(14-2)11-6(5)9/h3-4H,1-2H3,(H,12,13). The van der Waals surface area contributed by atoms with Gasteiger partial charge in [-0.2, -0.15) is 0 Å². The third-order valence-electron chi connectivity index (χ3n) is 1.77. The van der Waals surface area contributed by atoms with Gasteiger partial charge in [0.1, 0.15) is 5.15 Å². The molecule has 0 fully saturated rings. The van der Waals surface area contributed by atoms with Crippen molar-refractivity contribution in [2.24, 2.45) is 0 Å².